The molecule has 1 aliphatic carbocycles. The maximum absolute atomic E-state index is 12.2. The third-order valence-electron chi connectivity index (χ3n) is 3.66. The Morgan fingerprint density at radius 2 is 2.10 bits per heavy atom. The fourth-order valence-corrected chi connectivity index (χ4v) is 2.85. The lowest BCUT2D eigenvalue weighted by Gasteiger charge is -2.28. The number of non-ortho nitro benzene ring substituents is 1. The Morgan fingerprint density at radius 3 is 2.70 bits per heavy atom. The monoisotopic (exact) mass is 296 g/mol. The maximum Gasteiger partial charge on any atom is 0.269 e. The van der Waals surface area contributed by atoms with Gasteiger partial charge in [-0.25, -0.2) is 0 Å². The lowest BCUT2D eigenvalue weighted by Crippen LogP contribution is -2.43. The van der Waals surface area contributed by atoms with E-state index in [2.05, 4.69) is 5.32 Å². The average Bonchev–Trinajstić information content (AvgIpc) is 2.41. The summed E-state index contributed by atoms with van der Waals surface area (Å²) in [4.78, 5) is 22.4. The van der Waals surface area contributed by atoms with E-state index in [1.165, 1.54) is 18.2 Å². The molecule has 2 unspecified atom stereocenters. The van der Waals surface area contributed by atoms with E-state index >= 15 is 0 Å². The zero-order chi connectivity index (χ0) is 14.7. The van der Waals surface area contributed by atoms with Crippen molar-refractivity contribution in [1.82, 2.24) is 5.32 Å². The summed E-state index contributed by atoms with van der Waals surface area (Å²) in [5.41, 5.74) is 1.05. The number of rotatable bonds is 3. The number of amides is 1. The molecule has 0 heterocycles. The Balaban J connectivity index is 2.11. The summed E-state index contributed by atoms with van der Waals surface area (Å²) in [6.07, 6.45) is 3.95. The first-order valence-electron chi connectivity index (χ1n) is 6.69. The highest BCUT2D eigenvalue weighted by Gasteiger charge is 2.25. The van der Waals surface area contributed by atoms with Gasteiger partial charge in [0.15, 0.2) is 0 Å². The van der Waals surface area contributed by atoms with Gasteiger partial charge in [-0.15, -0.1) is 11.6 Å². The number of nitro groups is 1. The van der Waals surface area contributed by atoms with Gasteiger partial charge in [-0.05, 0) is 31.4 Å². The minimum Gasteiger partial charge on any atom is -0.348 e. The molecular formula is C14H17ClN2O3. The van der Waals surface area contributed by atoms with Crippen molar-refractivity contribution in [3.8, 4) is 0 Å². The second-order valence-corrected chi connectivity index (χ2v) is 5.70. The first-order chi connectivity index (χ1) is 9.49. The zero-order valence-corrected chi connectivity index (χ0v) is 12.0. The normalized spacial score (nSPS) is 22.3. The predicted molar refractivity (Wildman–Crippen MR) is 77.2 cm³/mol. The van der Waals surface area contributed by atoms with Crippen molar-refractivity contribution in [1.29, 1.82) is 0 Å². The summed E-state index contributed by atoms with van der Waals surface area (Å²) in [6, 6.07) is 4.23. The summed E-state index contributed by atoms with van der Waals surface area (Å²) in [5, 5.41) is 13.6. The van der Waals surface area contributed by atoms with E-state index in [1.807, 2.05) is 0 Å². The molecule has 6 heteroatoms. The van der Waals surface area contributed by atoms with Crippen LogP contribution in [0.2, 0.25) is 0 Å². The van der Waals surface area contributed by atoms with Gasteiger partial charge in [-0.2, -0.15) is 0 Å². The molecule has 0 spiro atoms. The van der Waals surface area contributed by atoms with Gasteiger partial charge in [0.05, 0.1) is 10.3 Å². The Kier molecular flexibility index (Phi) is 4.60. The van der Waals surface area contributed by atoms with Crippen molar-refractivity contribution in [2.45, 2.75) is 44.0 Å². The van der Waals surface area contributed by atoms with E-state index in [1.54, 1.807) is 6.92 Å². The average molecular weight is 297 g/mol. The van der Waals surface area contributed by atoms with Crippen molar-refractivity contribution >= 4 is 23.2 Å². The quantitative estimate of drug-likeness (QED) is 0.529. The van der Waals surface area contributed by atoms with Gasteiger partial charge < -0.3 is 5.32 Å². The molecule has 0 bridgehead atoms. The molecule has 20 heavy (non-hydrogen) atoms. The Hall–Kier alpha value is -1.62. The minimum absolute atomic E-state index is 0.00747. The highest BCUT2D eigenvalue weighted by molar-refractivity contribution is 6.21. The van der Waals surface area contributed by atoms with Crippen LogP contribution in [0.1, 0.15) is 41.6 Å². The summed E-state index contributed by atoms with van der Waals surface area (Å²) in [5.74, 6) is -0.213. The van der Waals surface area contributed by atoms with E-state index in [9.17, 15) is 14.9 Å². The van der Waals surface area contributed by atoms with Gasteiger partial charge in [0.25, 0.3) is 11.6 Å². The van der Waals surface area contributed by atoms with E-state index in [0.717, 1.165) is 25.7 Å². The molecule has 0 saturated heterocycles. The van der Waals surface area contributed by atoms with Crippen LogP contribution in [0.25, 0.3) is 0 Å². The van der Waals surface area contributed by atoms with Gasteiger partial charge in [0, 0.05) is 23.7 Å². The van der Waals surface area contributed by atoms with Crippen molar-refractivity contribution in [2.24, 2.45) is 0 Å². The van der Waals surface area contributed by atoms with Crippen LogP contribution < -0.4 is 5.32 Å². The van der Waals surface area contributed by atoms with Crippen LogP contribution in [-0.4, -0.2) is 22.2 Å². The standard InChI is InChI=1S/C14H17ClN2O3/c1-9-8-10(17(19)20)6-7-11(9)14(18)16-13-5-3-2-4-12(13)15/h6-8,12-13H,2-5H2,1H3,(H,16,18). The van der Waals surface area contributed by atoms with Crippen LogP contribution in [0, 0.1) is 17.0 Å². The highest BCUT2D eigenvalue weighted by atomic mass is 35.5. The number of nitrogens with zero attached hydrogens (tertiary/aromatic N) is 1. The number of hydrogen-bond acceptors (Lipinski definition) is 3. The van der Waals surface area contributed by atoms with Crippen LogP contribution in [0.5, 0.6) is 0 Å². The topological polar surface area (TPSA) is 72.2 Å². The molecule has 1 amide bonds. The number of hydrogen-bond donors (Lipinski definition) is 1. The summed E-state index contributed by atoms with van der Waals surface area (Å²) in [7, 11) is 0. The van der Waals surface area contributed by atoms with Gasteiger partial charge in [-0.1, -0.05) is 12.8 Å². The van der Waals surface area contributed by atoms with Crippen LogP contribution in [0.15, 0.2) is 18.2 Å². The summed E-state index contributed by atoms with van der Waals surface area (Å²) in [6.45, 7) is 1.70. The van der Waals surface area contributed by atoms with E-state index in [0.29, 0.717) is 11.1 Å². The van der Waals surface area contributed by atoms with Crippen LogP contribution >= 0.6 is 11.6 Å². The second kappa shape index (κ2) is 6.22. The number of benzene rings is 1. The van der Waals surface area contributed by atoms with E-state index < -0.39 is 4.92 Å². The Morgan fingerprint density at radius 1 is 1.40 bits per heavy atom. The summed E-state index contributed by atoms with van der Waals surface area (Å²) >= 11 is 6.22. The molecule has 2 rings (SSSR count). The number of carbonyl (C=O) groups is 1. The third kappa shape index (κ3) is 3.28. The number of aryl methyl sites for hydroxylation is 1. The largest absolute Gasteiger partial charge is 0.348 e. The molecule has 5 nitrogen and oxygen atoms in total. The molecular weight excluding hydrogens is 280 g/mol. The Bertz CT molecular complexity index is 533. The number of nitrogens with one attached hydrogen (secondary N) is 1. The molecule has 0 radical (unpaired) electrons. The minimum atomic E-state index is -0.468. The smallest absolute Gasteiger partial charge is 0.269 e. The number of nitro benzene ring substituents is 1. The molecule has 1 N–H and O–H groups in total. The molecule has 1 fully saturated rings. The first-order valence-corrected chi connectivity index (χ1v) is 7.12. The van der Waals surface area contributed by atoms with Gasteiger partial charge >= 0.3 is 0 Å². The van der Waals surface area contributed by atoms with E-state index in [-0.39, 0.29) is 23.0 Å². The fraction of sp³-hybridized carbons (Fsp3) is 0.500. The lowest BCUT2D eigenvalue weighted by atomic mass is 9.94. The van der Waals surface area contributed by atoms with Gasteiger partial charge in [0.2, 0.25) is 0 Å². The molecule has 1 aliphatic rings. The molecule has 1 aromatic carbocycles. The van der Waals surface area contributed by atoms with Crippen molar-refractivity contribution in [3.05, 3.63) is 39.4 Å². The summed E-state index contributed by atoms with van der Waals surface area (Å²) < 4.78 is 0. The SMILES string of the molecule is Cc1cc([N+](=O)[O-])ccc1C(=O)NC1CCCCC1Cl. The van der Waals surface area contributed by atoms with E-state index in [4.69, 9.17) is 11.6 Å². The molecule has 0 aromatic heterocycles. The number of carbonyl (C=O) groups excluding carboxylic acids is 1. The van der Waals surface area contributed by atoms with Crippen molar-refractivity contribution in [3.63, 3.8) is 0 Å². The van der Waals surface area contributed by atoms with Crippen LogP contribution in [-0.2, 0) is 0 Å². The van der Waals surface area contributed by atoms with Crippen LogP contribution in [0.4, 0.5) is 5.69 Å². The predicted octanol–water partition coefficient (Wildman–Crippen LogP) is 3.18. The van der Waals surface area contributed by atoms with Crippen LogP contribution in [0.3, 0.4) is 0 Å². The molecule has 0 aliphatic heterocycles. The number of halogens is 1. The fourth-order valence-electron chi connectivity index (χ4n) is 2.51. The highest BCUT2D eigenvalue weighted by Crippen LogP contribution is 2.24. The maximum atomic E-state index is 12.2. The van der Waals surface area contributed by atoms with Gasteiger partial charge in [-0.3, -0.25) is 14.9 Å². The molecule has 1 aromatic rings. The van der Waals surface area contributed by atoms with Gasteiger partial charge in [0.1, 0.15) is 0 Å². The number of alkyl halides is 1. The van der Waals surface area contributed by atoms with Crippen molar-refractivity contribution in [2.75, 3.05) is 0 Å². The molecule has 2 atom stereocenters. The second-order valence-electron chi connectivity index (χ2n) is 5.14. The third-order valence-corrected chi connectivity index (χ3v) is 4.19. The zero-order valence-electron chi connectivity index (χ0n) is 11.3. The first kappa shape index (κ1) is 14.8. The van der Waals surface area contributed by atoms with Crippen molar-refractivity contribution < 1.29 is 9.72 Å². The molecule has 108 valence electrons. The lowest BCUT2D eigenvalue weighted by molar-refractivity contribution is -0.384. The Labute approximate surface area is 122 Å². The molecule has 1 saturated carbocycles.